The molecule has 0 fully saturated rings. The van der Waals surface area contributed by atoms with Crippen LogP contribution in [-0.4, -0.2) is 20.3 Å². The van der Waals surface area contributed by atoms with Gasteiger partial charge in [0.15, 0.2) is 18.3 Å². The molecule has 0 aliphatic carbocycles. The summed E-state index contributed by atoms with van der Waals surface area (Å²) in [6.45, 7) is 8.05. The summed E-state index contributed by atoms with van der Waals surface area (Å²) in [6.07, 6.45) is 0.828. The summed E-state index contributed by atoms with van der Waals surface area (Å²) < 4.78 is 15.2. The van der Waals surface area contributed by atoms with Crippen molar-refractivity contribution in [1.29, 1.82) is 0 Å². The zero-order valence-corrected chi connectivity index (χ0v) is 10.9. The van der Waals surface area contributed by atoms with Crippen molar-refractivity contribution >= 4 is 0 Å². The van der Waals surface area contributed by atoms with E-state index < -0.39 is 0 Å². The van der Waals surface area contributed by atoms with Crippen LogP contribution in [0.3, 0.4) is 0 Å². The largest absolute Gasteiger partial charge is 0.439 e. The van der Waals surface area contributed by atoms with E-state index in [1.54, 1.807) is 0 Å². The van der Waals surface area contributed by atoms with Crippen LogP contribution >= 0.6 is 0 Å². The predicted octanol–water partition coefficient (Wildman–Crippen LogP) is 1.89. The molecule has 0 N–H and O–H groups in total. The third kappa shape index (κ3) is 2.85. The van der Waals surface area contributed by atoms with Crippen molar-refractivity contribution in [2.45, 2.75) is 46.1 Å². The highest BCUT2D eigenvalue weighted by atomic mass is 16.6. The van der Waals surface area contributed by atoms with Gasteiger partial charge in [-0.05, 0) is 0 Å². The van der Waals surface area contributed by atoms with Crippen LogP contribution in [0.2, 0.25) is 0 Å². The maximum atomic E-state index is 5.29. The molecule has 2 rings (SSSR count). The van der Waals surface area contributed by atoms with Gasteiger partial charge in [0, 0.05) is 11.8 Å². The summed E-state index contributed by atoms with van der Waals surface area (Å²) in [7, 11) is 0. The van der Waals surface area contributed by atoms with Crippen LogP contribution in [-0.2, 0) is 18.4 Å². The van der Waals surface area contributed by atoms with Crippen molar-refractivity contribution in [2.75, 3.05) is 0 Å². The molecule has 0 saturated carbocycles. The van der Waals surface area contributed by atoms with Gasteiger partial charge in [0.2, 0.25) is 0 Å². The highest BCUT2D eigenvalue weighted by molar-refractivity contribution is 5.02. The third-order valence-electron chi connectivity index (χ3n) is 2.22. The summed E-state index contributed by atoms with van der Waals surface area (Å²) in [5, 5.41) is 7.60. The van der Waals surface area contributed by atoms with Crippen molar-refractivity contribution < 1.29 is 13.8 Å². The van der Waals surface area contributed by atoms with Gasteiger partial charge in [-0.3, -0.25) is 4.52 Å². The maximum Gasteiger partial charge on any atom is 0.417 e. The fourth-order valence-electron chi connectivity index (χ4n) is 1.19. The van der Waals surface area contributed by atoms with E-state index in [1.807, 2.05) is 27.7 Å². The lowest BCUT2D eigenvalue weighted by atomic mass is 9.96. The van der Waals surface area contributed by atoms with E-state index in [1.165, 1.54) is 0 Å². The first-order valence-corrected chi connectivity index (χ1v) is 5.77. The van der Waals surface area contributed by atoms with Crippen LogP contribution in [0, 0.1) is 0 Å². The zero-order valence-electron chi connectivity index (χ0n) is 10.9. The van der Waals surface area contributed by atoms with Crippen LogP contribution in [0.25, 0.3) is 0 Å². The number of aryl methyl sites for hydroxylation is 1. The van der Waals surface area contributed by atoms with Crippen molar-refractivity contribution in [2.24, 2.45) is 0 Å². The number of nitrogens with zero attached hydrogens (tertiary/aromatic N) is 4. The fourth-order valence-corrected chi connectivity index (χ4v) is 1.19. The molecule has 18 heavy (non-hydrogen) atoms. The van der Waals surface area contributed by atoms with Crippen molar-refractivity contribution in [1.82, 2.24) is 20.3 Å². The Morgan fingerprint density at radius 2 is 1.89 bits per heavy atom. The van der Waals surface area contributed by atoms with Crippen LogP contribution in [0.5, 0.6) is 6.08 Å². The van der Waals surface area contributed by atoms with Gasteiger partial charge in [-0.2, -0.15) is 9.97 Å². The van der Waals surface area contributed by atoms with E-state index in [4.69, 9.17) is 13.8 Å². The van der Waals surface area contributed by atoms with Crippen LogP contribution in [0.4, 0.5) is 0 Å². The van der Waals surface area contributed by atoms with Gasteiger partial charge in [-0.25, -0.2) is 0 Å². The summed E-state index contributed by atoms with van der Waals surface area (Å²) in [5.41, 5.74) is -0.176. The lowest BCUT2D eigenvalue weighted by Crippen LogP contribution is -2.13. The molecule has 7 heteroatoms. The molecule has 0 saturated heterocycles. The molecular weight excluding hydrogens is 236 g/mol. The molecule has 0 atom stereocenters. The molecule has 0 aliphatic rings. The Balaban J connectivity index is 1.96. The standard InChI is InChI=1S/C11H16N4O3/c1-5-7-12-8(17-14-7)6-16-10-13-9(15-18-10)11(2,3)4/h5-6H2,1-4H3. The molecule has 2 aromatic heterocycles. The first kappa shape index (κ1) is 12.5. The van der Waals surface area contributed by atoms with E-state index in [0.717, 1.165) is 6.42 Å². The minimum atomic E-state index is -0.176. The Bertz CT molecular complexity index is 512. The predicted molar refractivity (Wildman–Crippen MR) is 61.0 cm³/mol. The second-order valence-corrected chi connectivity index (χ2v) is 4.88. The molecule has 98 valence electrons. The van der Waals surface area contributed by atoms with Crippen LogP contribution < -0.4 is 4.74 Å². The Labute approximate surface area is 105 Å². The highest BCUT2D eigenvalue weighted by Gasteiger charge is 2.21. The number of aromatic nitrogens is 4. The molecule has 2 aromatic rings. The molecule has 0 unspecified atom stereocenters. The molecule has 0 aromatic carbocycles. The average molecular weight is 252 g/mol. The molecule has 0 aliphatic heterocycles. The van der Waals surface area contributed by atoms with Gasteiger partial charge in [-0.15, -0.1) is 0 Å². The van der Waals surface area contributed by atoms with E-state index in [0.29, 0.717) is 17.5 Å². The molecule has 0 amide bonds. The third-order valence-corrected chi connectivity index (χ3v) is 2.22. The van der Waals surface area contributed by atoms with Crippen molar-refractivity contribution in [3.05, 3.63) is 17.5 Å². The molecule has 0 spiro atoms. The topological polar surface area (TPSA) is 87.1 Å². The summed E-state index contributed by atoms with van der Waals surface area (Å²) in [4.78, 5) is 8.24. The van der Waals surface area contributed by atoms with Gasteiger partial charge in [0.25, 0.3) is 5.89 Å². The fraction of sp³-hybridized carbons (Fsp3) is 0.636. The lowest BCUT2D eigenvalue weighted by Gasteiger charge is -2.10. The Kier molecular flexibility index (Phi) is 3.31. The van der Waals surface area contributed by atoms with Crippen molar-refractivity contribution in [3.63, 3.8) is 0 Å². The molecule has 0 radical (unpaired) electrons. The average Bonchev–Trinajstić information content (AvgIpc) is 2.94. The smallest absolute Gasteiger partial charge is 0.417 e. The second-order valence-electron chi connectivity index (χ2n) is 4.88. The summed E-state index contributed by atoms with van der Waals surface area (Å²) in [5.74, 6) is 1.63. The minimum Gasteiger partial charge on any atom is -0.439 e. The summed E-state index contributed by atoms with van der Waals surface area (Å²) in [6, 6.07) is 0. The van der Waals surface area contributed by atoms with E-state index in [2.05, 4.69) is 20.3 Å². The van der Waals surface area contributed by atoms with Gasteiger partial charge in [0.05, 0.1) is 0 Å². The van der Waals surface area contributed by atoms with E-state index in [-0.39, 0.29) is 18.1 Å². The molecule has 2 heterocycles. The maximum absolute atomic E-state index is 5.29. The van der Waals surface area contributed by atoms with Crippen LogP contribution in [0.1, 0.15) is 45.2 Å². The van der Waals surface area contributed by atoms with Gasteiger partial charge < -0.3 is 9.26 Å². The lowest BCUT2D eigenvalue weighted by molar-refractivity contribution is 0.169. The first-order chi connectivity index (χ1) is 8.49. The van der Waals surface area contributed by atoms with Gasteiger partial charge >= 0.3 is 6.08 Å². The number of ether oxygens (including phenoxy) is 1. The Hall–Kier alpha value is -1.92. The Morgan fingerprint density at radius 1 is 1.11 bits per heavy atom. The monoisotopic (exact) mass is 252 g/mol. The van der Waals surface area contributed by atoms with Gasteiger partial charge in [-0.1, -0.05) is 38.0 Å². The number of rotatable bonds is 4. The van der Waals surface area contributed by atoms with Crippen molar-refractivity contribution in [3.8, 4) is 6.08 Å². The zero-order chi connectivity index (χ0) is 13.2. The normalized spacial score (nSPS) is 11.8. The van der Waals surface area contributed by atoms with E-state index >= 15 is 0 Å². The van der Waals surface area contributed by atoms with Crippen LogP contribution in [0.15, 0.2) is 9.05 Å². The molecule has 0 bridgehead atoms. The first-order valence-electron chi connectivity index (χ1n) is 5.77. The summed E-state index contributed by atoms with van der Waals surface area (Å²) >= 11 is 0. The molecule has 7 nitrogen and oxygen atoms in total. The molecular formula is C11H16N4O3. The SMILES string of the molecule is CCc1noc(COc2nc(C(C)(C)C)no2)n1. The van der Waals surface area contributed by atoms with E-state index in [9.17, 15) is 0 Å². The minimum absolute atomic E-state index is 0.108. The second kappa shape index (κ2) is 4.75. The number of hydrogen-bond donors (Lipinski definition) is 0. The Morgan fingerprint density at radius 3 is 2.44 bits per heavy atom. The highest BCUT2D eigenvalue weighted by Crippen LogP contribution is 2.21. The quantitative estimate of drug-likeness (QED) is 0.820. The number of hydrogen-bond acceptors (Lipinski definition) is 7. The van der Waals surface area contributed by atoms with Gasteiger partial charge in [0.1, 0.15) is 0 Å².